The van der Waals surface area contributed by atoms with E-state index in [-0.39, 0.29) is 5.91 Å². The fourth-order valence-electron chi connectivity index (χ4n) is 3.19. The molecule has 0 aliphatic heterocycles. The highest BCUT2D eigenvalue weighted by molar-refractivity contribution is 7.21. The summed E-state index contributed by atoms with van der Waals surface area (Å²) in [6.07, 6.45) is 3.19. The van der Waals surface area contributed by atoms with E-state index in [9.17, 15) is 4.79 Å². The van der Waals surface area contributed by atoms with Crippen LogP contribution in [0.15, 0.2) is 29.0 Å². The van der Waals surface area contributed by atoms with Crippen LogP contribution in [-0.4, -0.2) is 15.9 Å². The predicted octanol–water partition coefficient (Wildman–Crippen LogP) is 4.80. The van der Waals surface area contributed by atoms with Gasteiger partial charge in [-0.05, 0) is 42.3 Å². The van der Waals surface area contributed by atoms with Gasteiger partial charge in [-0.3, -0.25) is 10.1 Å². The number of carbonyl (C=O) groups is 1. The molecule has 0 aromatic carbocycles. The van der Waals surface area contributed by atoms with Gasteiger partial charge < -0.3 is 5.73 Å². The summed E-state index contributed by atoms with van der Waals surface area (Å²) in [5, 5.41) is 8.29. The number of nitrogens with one attached hydrogen (secondary N) is 1. The Morgan fingerprint density at radius 1 is 1.23 bits per heavy atom. The first-order chi connectivity index (χ1) is 12.7. The van der Waals surface area contributed by atoms with Crippen molar-refractivity contribution >= 4 is 61.0 Å². The van der Waals surface area contributed by atoms with E-state index in [1.165, 1.54) is 28.2 Å². The number of aromatic nitrogens is 2. The first-order valence-electron chi connectivity index (χ1n) is 8.20. The Balaban J connectivity index is 1.44. The van der Waals surface area contributed by atoms with Gasteiger partial charge in [-0.1, -0.05) is 6.07 Å². The molecule has 0 radical (unpaired) electrons. The molecule has 0 fully saturated rings. The molecular formula is C18H14N4OS3. The van der Waals surface area contributed by atoms with E-state index >= 15 is 0 Å². The quantitative estimate of drug-likeness (QED) is 0.519. The number of thiophene rings is 2. The van der Waals surface area contributed by atoms with Crippen LogP contribution in [0.2, 0.25) is 0 Å². The molecule has 26 heavy (non-hydrogen) atoms. The Hall–Kier alpha value is -2.29. The first kappa shape index (κ1) is 15.9. The van der Waals surface area contributed by atoms with Gasteiger partial charge in [0.1, 0.15) is 9.71 Å². The van der Waals surface area contributed by atoms with Gasteiger partial charge in [-0.25, -0.2) is 9.97 Å². The molecule has 3 N–H and O–H groups in total. The molecule has 5 rings (SSSR count). The molecular weight excluding hydrogens is 384 g/mol. The molecule has 0 spiro atoms. The second-order valence-corrected chi connectivity index (χ2v) is 8.92. The molecule has 1 aliphatic carbocycles. The van der Waals surface area contributed by atoms with E-state index in [1.54, 1.807) is 11.3 Å². The maximum absolute atomic E-state index is 12.7. The standard InChI is InChI=1S/C18H14N4OS3/c19-14-10-7-9-3-1-4-11(9)20-17(10)26-15(14)16(23)22-18-21-12(8-25-18)13-5-2-6-24-13/h2,5-8H,1,3-4,19H2,(H,21,22,23). The monoisotopic (exact) mass is 398 g/mol. The van der Waals surface area contributed by atoms with Crippen molar-refractivity contribution in [3.63, 3.8) is 0 Å². The van der Waals surface area contributed by atoms with E-state index in [4.69, 9.17) is 10.7 Å². The number of amides is 1. The fraction of sp³-hybridized carbons (Fsp3) is 0.167. The van der Waals surface area contributed by atoms with E-state index in [1.807, 2.05) is 22.9 Å². The maximum Gasteiger partial charge on any atom is 0.269 e. The van der Waals surface area contributed by atoms with Gasteiger partial charge in [0.05, 0.1) is 16.3 Å². The lowest BCUT2D eigenvalue weighted by Gasteiger charge is -2.00. The highest BCUT2D eigenvalue weighted by Gasteiger charge is 2.21. The van der Waals surface area contributed by atoms with Crippen molar-refractivity contribution < 1.29 is 4.79 Å². The van der Waals surface area contributed by atoms with Crippen LogP contribution in [0, 0.1) is 0 Å². The van der Waals surface area contributed by atoms with Crippen molar-refractivity contribution in [2.75, 3.05) is 11.1 Å². The third kappa shape index (κ3) is 2.61. The number of hydrogen-bond acceptors (Lipinski definition) is 7. The Morgan fingerprint density at radius 2 is 2.15 bits per heavy atom. The zero-order chi connectivity index (χ0) is 17.7. The molecule has 8 heteroatoms. The lowest BCUT2D eigenvalue weighted by molar-refractivity contribution is 0.103. The van der Waals surface area contributed by atoms with Crippen molar-refractivity contribution in [3.05, 3.63) is 45.1 Å². The lowest BCUT2D eigenvalue weighted by Crippen LogP contribution is -2.11. The molecule has 0 atom stereocenters. The van der Waals surface area contributed by atoms with E-state index < -0.39 is 0 Å². The number of nitrogens with two attached hydrogens (primary N) is 1. The van der Waals surface area contributed by atoms with E-state index in [0.29, 0.717) is 15.7 Å². The zero-order valence-electron chi connectivity index (χ0n) is 13.6. The Kier molecular flexibility index (Phi) is 3.77. The van der Waals surface area contributed by atoms with Crippen LogP contribution < -0.4 is 11.1 Å². The Morgan fingerprint density at radius 3 is 3.00 bits per heavy atom. The maximum atomic E-state index is 12.7. The number of rotatable bonds is 3. The summed E-state index contributed by atoms with van der Waals surface area (Å²) in [7, 11) is 0. The third-order valence-corrected chi connectivity index (χ3v) is 7.22. The molecule has 0 saturated carbocycles. The molecule has 5 nitrogen and oxygen atoms in total. The molecule has 1 aliphatic rings. The van der Waals surface area contributed by atoms with Crippen LogP contribution in [0.25, 0.3) is 20.8 Å². The molecule has 4 heterocycles. The summed E-state index contributed by atoms with van der Waals surface area (Å²) >= 11 is 4.39. The molecule has 0 saturated heterocycles. The molecule has 4 aromatic rings. The minimum absolute atomic E-state index is 0.224. The minimum atomic E-state index is -0.224. The van der Waals surface area contributed by atoms with Crippen LogP contribution in [0.4, 0.5) is 10.8 Å². The van der Waals surface area contributed by atoms with Gasteiger partial charge in [0.2, 0.25) is 0 Å². The Bertz CT molecular complexity index is 1130. The van der Waals surface area contributed by atoms with E-state index in [0.717, 1.165) is 45.7 Å². The highest BCUT2D eigenvalue weighted by Crippen LogP contribution is 2.36. The molecule has 130 valence electrons. The second kappa shape index (κ2) is 6.15. The normalized spacial score (nSPS) is 13.2. The van der Waals surface area contributed by atoms with E-state index in [2.05, 4.69) is 16.4 Å². The smallest absolute Gasteiger partial charge is 0.269 e. The average molecular weight is 399 g/mol. The van der Waals surface area contributed by atoms with Crippen molar-refractivity contribution in [1.29, 1.82) is 0 Å². The highest BCUT2D eigenvalue weighted by atomic mass is 32.1. The van der Waals surface area contributed by atoms with Gasteiger partial charge >= 0.3 is 0 Å². The minimum Gasteiger partial charge on any atom is -0.397 e. The van der Waals surface area contributed by atoms with Gasteiger partial charge in [-0.2, -0.15) is 0 Å². The SMILES string of the molecule is Nc1c(C(=O)Nc2nc(-c3cccs3)cs2)sc2nc3c(cc12)CCC3. The summed E-state index contributed by atoms with van der Waals surface area (Å²) in [4.78, 5) is 24.4. The number of fused-ring (bicyclic) bond motifs is 2. The number of aryl methyl sites for hydroxylation is 2. The summed E-state index contributed by atoms with van der Waals surface area (Å²) in [6.45, 7) is 0. The average Bonchev–Trinajstić information content (AvgIpc) is 3.40. The van der Waals surface area contributed by atoms with Gasteiger partial charge in [0.15, 0.2) is 5.13 Å². The van der Waals surface area contributed by atoms with Gasteiger partial charge in [0, 0.05) is 16.5 Å². The summed E-state index contributed by atoms with van der Waals surface area (Å²) < 4.78 is 0. The number of thiazole rings is 1. The summed E-state index contributed by atoms with van der Waals surface area (Å²) in [5.74, 6) is -0.224. The molecule has 0 bridgehead atoms. The number of carbonyl (C=O) groups excluding carboxylic acids is 1. The van der Waals surface area contributed by atoms with Crippen LogP contribution in [0.5, 0.6) is 0 Å². The number of pyridine rings is 1. The third-order valence-electron chi connectivity index (χ3n) is 4.45. The number of anilines is 2. The number of nitrogens with zero attached hydrogens (tertiary/aromatic N) is 2. The fourth-order valence-corrected chi connectivity index (χ4v) is 5.65. The van der Waals surface area contributed by atoms with Crippen LogP contribution in [0.1, 0.15) is 27.3 Å². The van der Waals surface area contributed by atoms with Crippen molar-refractivity contribution in [2.24, 2.45) is 0 Å². The van der Waals surface area contributed by atoms with Crippen molar-refractivity contribution in [3.8, 4) is 10.6 Å². The topological polar surface area (TPSA) is 80.9 Å². The van der Waals surface area contributed by atoms with Crippen molar-refractivity contribution in [1.82, 2.24) is 9.97 Å². The van der Waals surface area contributed by atoms with Gasteiger partial charge in [-0.15, -0.1) is 34.0 Å². The first-order valence-corrected chi connectivity index (χ1v) is 10.8. The van der Waals surface area contributed by atoms with Crippen LogP contribution in [-0.2, 0) is 12.8 Å². The number of nitrogen functional groups attached to an aromatic ring is 1. The number of hydrogen-bond donors (Lipinski definition) is 2. The van der Waals surface area contributed by atoms with Crippen molar-refractivity contribution in [2.45, 2.75) is 19.3 Å². The van der Waals surface area contributed by atoms with Gasteiger partial charge in [0.25, 0.3) is 5.91 Å². The summed E-state index contributed by atoms with van der Waals surface area (Å²) in [6, 6.07) is 6.10. The largest absolute Gasteiger partial charge is 0.397 e. The van der Waals surface area contributed by atoms with Crippen LogP contribution >= 0.6 is 34.0 Å². The zero-order valence-corrected chi connectivity index (χ0v) is 16.1. The second-order valence-electron chi connectivity index (χ2n) is 6.11. The molecule has 4 aromatic heterocycles. The summed E-state index contributed by atoms with van der Waals surface area (Å²) in [5.41, 5.74) is 10.1. The predicted molar refractivity (Wildman–Crippen MR) is 109 cm³/mol. The molecule has 1 amide bonds. The lowest BCUT2D eigenvalue weighted by atomic mass is 10.1. The van der Waals surface area contributed by atoms with Crippen LogP contribution in [0.3, 0.4) is 0 Å². The Labute approximate surface area is 161 Å². The molecule has 0 unspecified atom stereocenters.